The molecular weight excluding hydrogens is 292 g/mol. The second-order valence-electron chi connectivity index (χ2n) is 5.48. The van der Waals surface area contributed by atoms with Crippen LogP contribution in [0.5, 0.6) is 5.75 Å². The molecule has 0 unspecified atom stereocenters. The highest BCUT2D eigenvalue weighted by atomic mass is 16.5. The summed E-state index contributed by atoms with van der Waals surface area (Å²) in [6, 6.07) is 12.0. The molecule has 0 fully saturated rings. The largest absolute Gasteiger partial charge is 0.492 e. The van der Waals surface area contributed by atoms with E-state index in [1.807, 2.05) is 19.1 Å². The van der Waals surface area contributed by atoms with Gasteiger partial charge in [-0.15, -0.1) is 0 Å². The van der Waals surface area contributed by atoms with Crippen LogP contribution in [0.25, 0.3) is 6.08 Å². The van der Waals surface area contributed by atoms with E-state index < -0.39 is 5.97 Å². The summed E-state index contributed by atoms with van der Waals surface area (Å²) in [6.45, 7) is 2.37. The number of aromatic carboxylic acids is 1. The van der Waals surface area contributed by atoms with Gasteiger partial charge in [0.05, 0.1) is 17.7 Å². The number of hydrogen-bond donors (Lipinski definition) is 1. The minimum atomic E-state index is -0.965. The van der Waals surface area contributed by atoms with E-state index in [1.54, 1.807) is 24.3 Å². The van der Waals surface area contributed by atoms with Gasteiger partial charge in [0.2, 0.25) is 0 Å². The SMILES string of the molecule is Cc1cccc2c1OCC/C(=C\c1ccc(C(=O)O)cc1)C2=O. The third-order valence-electron chi connectivity index (χ3n) is 3.86. The number of rotatable bonds is 2. The fourth-order valence-corrected chi connectivity index (χ4v) is 2.63. The third kappa shape index (κ3) is 3.01. The summed E-state index contributed by atoms with van der Waals surface area (Å²) in [4.78, 5) is 23.6. The van der Waals surface area contributed by atoms with Crippen molar-refractivity contribution < 1.29 is 19.4 Å². The zero-order valence-corrected chi connectivity index (χ0v) is 12.7. The molecule has 1 aliphatic heterocycles. The number of Topliss-reactive ketones (excluding diaryl/α,β-unsaturated/α-hetero) is 1. The van der Waals surface area contributed by atoms with Crippen LogP contribution in [0, 0.1) is 6.92 Å². The molecule has 0 radical (unpaired) electrons. The number of aryl methyl sites for hydroxylation is 1. The number of carboxylic acid groups (broad SMARTS) is 1. The molecule has 2 aromatic carbocycles. The minimum Gasteiger partial charge on any atom is -0.492 e. The molecule has 1 N–H and O–H groups in total. The van der Waals surface area contributed by atoms with Gasteiger partial charge in [0.25, 0.3) is 0 Å². The Hall–Kier alpha value is -2.88. The molecule has 23 heavy (non-hydrogen) atoms. The van der Waals surface area contributed by atoms with Gasteiger partial charge in [0.15, 0.2) is 5.78 Å². The Kier molecular flexibility index (Phi) is 3.98. The number of ether oxygens (including phenoxy) is 1. The molecule has 0 saturated carbocycles. The molecule has 0 saturated heterocycles. The maximum Gasteiger partial charge on any atom is 0.335 e. The molecule has 4 heteroatoms. The van der Waals surface area contributed by atoms with Gasteiger partial charge in [0, 0.05) is 12.0 Å². The Morgan fingerprint density at radius 2 is 1.91 bits per heavy atom. The summed E-state index contributed by atoms with van der Waals surface area (Å²) >= 11 is 0. The number of ketones is 1. The number of benzene rings is 2. The fraction of sp³-hybridized carbons (Fsp3) is 0.158. The Balaban J connectivity index is 1.96. The summed E-state index contributed by atoms with van der Waals surface area (Å²) in [6.07, 6.45) is 2.32. The van der Waals surface area contributed by atoms with Crippen molar-refractivity contribution in [2.75, 3.05) is 6.61 Å². The van der Waals surface area contributed by atoms with Gasteiger partial charge >= 0.3 is 5.97 Å². The third-order valence-corrected chi connectivity index (χ3v) is 3.86. The van der Waals surface area contributed by atoms with Crippen LogP contribution in [0.15, 0.2) is 48.0 Å². The van der Waals surface area contributed by atoms with E-state index in [2.05, 4.69) is 0 Å². The average Bonchev–Trinajstić information content (AvgIpc) is 2.69. The number of hydrogen-bond acceptors (Lipinski definition) is 3. The van der Waals surface area contributed by atoms with E-state index in [0.29, 0.717) is 29.9 Å². The van der Waals surface area contributed by atoms with Crippen molar-refractivity contribution in [3.05, 3.63) is 70.3 Å². The highest BCUT2D eigenvalue weighted by Gasteiger charge is 2.22. The van der Waals surface area contributed by atoms with Gasteiger partial charge in [-0.3, -0.25) is 4.79 Å². The monoisotopic (exact) mass is 308 g/mol. The van der Waals surface area contributed by atoms with Crippen LogP contribution >= 0.6 is 0 Å². The first-order chi connectivity index (χ1) is 11.1. The lowest BCUT2D eigenvalue weighted by molar-refractivity contribution is 0.0696. The van der Waals surface area contributed by atoms with Gasteiger partial charge in [-0.25, -0.2) is 4.79 Å². The second kappa shape index (κ2) is 6.08. The molecule has 3 rings (SSSR count). The van der Waals surface area contributed by atoms with Crippen molar-refractivity contribution in [1.82, 2.24) is 0 Å². The molecule has 0 spiro atoms. The van der Waals surface area contributed by atoms with Crippen molar-refractivity contribution in [3.8, 4) is 5.75 Å². The molecular formula is C19H16O4. The van der Waals surface area contributed by atoms with Gasteiger partial charge in [-0.1, -0.05) is 24.3 Å². The molecule has 1 aliphatic rings. The van der Waals surface area contributed by atoms with Gasteiger partial charge < -0.3 is 9.84 Å². The zero-order chi connectivity index (χ0) is 16.4. The van der Waals surface area contributed by atoms with E-state index in [9.17, 15) is 9.59 Å². The van der Waals surface area contributed by atoms with Crippen LogP contribution in [-0.2, 0) is 0 Å². The van der Waals surface area contributed by atoms with Crippen molar-refractivity contribution >= 4 is 17.8 Å². The van der Waals surface area contributed by atoms with Gasteiger partial charge in [-0.05, 0) is 42.3 Å². The van der Waals surface area contributed by atoms with Gasteiger partial charge in [-0.2, -0.15) is 0 Å². The quantitative estimate of drug-likeness (QED) is 0.858. The van der Waals surface area contributed by atoms with E-state index in [1.165, 1.54) is 12.1 Å². The smallest absolute Gasteiger partial charge is 0.335 e. The molecule has 0 amide bonds. The first-order valence-corrected chi connectivity index (χ1v) is 7.37. The molecule has 0 bridgehead atoms. The predicted octanol–water partition coefficient (Wildman–Crippen LogP) is 3.74. The summed E-state index contributed by atoms with van der Waals surface area (Å²) in [5, 5.41) is 8.93. The summed E-state index contributed by atoms with van der Waals surface area (Å²) in [5.41, 5.74) is 3.22. The van der Waals surface area contributed by atoms with Crippen LogP contribution < -0.4 is 4.74 Å². The lowest BCUT2D eigenvalue weighted by Gasteiger charge is -2.08. The molecule has 0 aromatic heterocycles. The van der Waals surface area contributed by atoms with E-state index >= 15 is 0 Å². The zero-order valence-electron chi connectivity index (χ0n) is 12.7. The molecule has 2 aromatic rings. The number of carbonyl (C=O) groups is 2. The fourth-order valence-electron chi connectivity index (χ4n) is 2.63. The van der Waals surface area contributed by atoms with Crippen LogP contribution in [0.4, 0.5) is 0 Å². The minimum absolute atomic E-state index is 0.0384. The summed E-state index contributed by atoms with van der Waals surface area (Å²) in [7, 11) is 0. The Bertz CT molecular complexity index is 801. The van der Waals surface area contributed by atoms with Crippen LogP contribution in [0.2, 0.25) is 0 Å². The first-order valence-electron chi connectivity index (χ1n) is 7.37. The molecule has 1 heterocycles. The summed E-state index contributed by atoms with van der Waals surface area (Å²) < 4.78 is 5.73. The average molecular weight is 308 g/mol. The Labute approximate surface area is 134 Å². The van der Waals surface area contributed by atoms with E-state index in [-0.39, 0.29) is 11.3 Å². The van der Waals surface area contributed by atoms with Crippen LogP contribution in [0.3, 0.4) is 0 Å². The topological polar surface area (TPSA) is 63.6 Å². The van der Waals surface area contributed by atoms with Crippen LogP contribution in [-0.4, -0.2) is 23.5 Å². The maximum atomic E-state index is 12.7. The van der Waals surface area contributed by atoms with Crippen molar-refractivity contribution in [2.45, 2.75) is 13.3 Å². The van der Waals surface area contributed by atoms with Gasteiger partial charge in [0.1, 0.15) is 5.75 Å². The second-order valence-corrected chi connectivity index (χ2v) is 5.48. The van der Waals surface area contributed by atoms with Crippen LogP contribution in [0.1, 0.15) is 38.3 Å². The predicted molar refractivity (Wildman–Crippen MR) is 87.0 cm³/mol. The lowest BCUT2D eigenvalue weighted by Crippen LogP contribution is -2.02. The standard InChI is InChI=1S/C19H16O4/c1-12-3-2-4-16-17(20)15(9-10-23-18(12)16)11-13-5-7-14(8-6-13)19(21)22/h2-8,11H,9-10H2,1H3,(H,21,22)/b15-11+. The first kappa shape index (κ1) is 15.0. The van der Waals surface area contributed by atoms with Crippen molar-refractivity contribution in [3.63, 3.8) is 0 Å². The Morgan fingerprint density at radius 3 is 2.61 bits per heavy atom. The van der Waals surface area contributed by atoms with Crippen molar-refractivity contribution in [1.29, 1.82) is 0 Å². The number of carbonyl (C=O) groups excluding carboxylic acids is 1. The number of carboxylic acids is 1. The number of para-hydroxylation sites is 1. The van der Waals surface area contributed by atoms with Crippen molar-refractivity contribution in [2.24, 2.45) is 0 Å². The maximum absolute atomic E-state index is 12.7. The molecule has 0 atom stereocenters. The highest BCUT2D eigenvalue weighted by molar-refractivity contribution is 6.13. The molecule has 4 nitrogen and oxygen atoms in total. The van der Waals surface area contributed by atoms with E-state index in [0.717, 1.165) is 11.1 Å². The highest BCUT2D eigenvalue weighted by Crippen LogP contribution is 2.30. The Morgan fingerprint density at radius 1 is 1.17 bits per heavy atom. The number of fused-ring (bicyclic) bond motifs is 1. The lowest BCUT2D eigenvalue weighted by atomic mass is 9.97. The molecule has 0 aliphatic carbocycles. The van der Waals surface area contributed by atoms with E-state index in [4.69, 9.17) is 9.84 Å². The summed E-state index contributed by atoms with van der Waals surface area (Å²) in [5.74, 6) is -0.349. The molecule has 116 valence electrons. The normalized spacial score (nSPS) is 15.7.